The molecule has 5 heteroatoms. The van der Waals surface area contributed by atoms with Crippen LogP contribution in [-0.4, -0.2) is 28.9 Å². The van der Waals surface area contributed by atoms with Crippen molar-refractivity contribution in [1.82, 2.24) is 4.57 Å². The summed E-state index contributed by atoms with van der Waals surface area (Å²) in [6.07, 6.45) is 0.552. The minimum atomic E-state index is -0.241. The van der Waals surface area contributed by atoms with Gasteiger partial charge < -0.3 is 19.1 Å². The quantitative estimate of drug-likeness (QED) is 0.477. The molecule has 0 fully saturated rings. The molecular weight excluding hydrogens is 402 g/mol. The highest BCUT2D eigenvalue weighted by Gasteiger charge is 2.42. The number of nitrogens with zero attached hydrogens (tertiary/aromatic N) is 1. The Bertz CT molecular complexity index is 1320. The number of aliphatic hydroxyl groups excluding tert-OH is 1. The zero-order valence-electron chi connectivity index (χ0n) is 17.5. The Kier molecular flexibility index (Phi) is 4.51. The van der Waals surface area contributed by atoms with Crippen LogP contribution < -0.4 is 9.47 Å². The minimum Gasteiger partial charge on any atom is -0.454 e. The Hall–Kier alpha value is -3.57. The number of Topliss-reactive ketones (excluding diaryl/α,β-unsaturated/α-hetero) is 1. The molecule has 0 unspecified atom stereocenters. The van der Waals surface area contributed by atoms with Gasteiger partial charge in [0.15, 0.2) is 17.3 Å². The highest BCUT2D eigenvalue weighted by molar-refractivity contribution is 6.00. The number of aromatic nitrogens is 1. The van der Waals surface area contributed by atoms with Gasteiger partial charge in [-0.15, -0.1) is 0 Å². The summed E-state index contributed by atoms with van der Waals surface area (Å²) in [5, 5.41) is 11.0. The fourth-order valence-corrected chi connectivity index (χ4v) is 5.36. The molecule has 0 saturated heterocycles. The Morgan fingerprint density at radius 2 is 1.75 bits per heavy atom. The van der Waals surface area contributed by atoms with Crippen LogP contribution in [-0.2, 0) is 13.0 Å². The molecule has 2 aliphatic heterocycles. The number of benzene rings is 3. The second kappa shape index (κ2) is 7.53. The molecule has 4 aromatic rings. The van der Waals surface area contributed by atoms with Gasteiger partial charge >= 0.3 is 0 Å². The third-order valence-electron chi connectivity index (χ3n) is 6.71. The summed E-state index contributed by atoms with van der Waals surface area (Å²) in [4.78, 5) is 13.7. The zero-order chi connectivity index (χ0) is 21.7. The lowest BCUT2D eigenvalue weighted by Gasteiger charge is -2.21. The average molecular weight is 425 g/mol. The number of carbonyl (C=O) groups excluding carboxylic acids is 1. The lowest BCUT2D eigenvalue weighted by Crippen LogP contribution is -2.21. The smallest absolute Gasteiger partial charge is 0.231 e. The van der Waals surface area contributed by atoms with E-state index in [1.807, 2.05) is 60.7 Å². The number of fused-ring (bicyclic) bond motifs is 4. The molecule has 0 amide bonds. The SMILES string of the molecule is O=C(c1ccccc1)[C@H]1Cn2c(c(CCO)c3ccccc32)[C@H]1c1ccc2c(c1)OCO2. The molecule has 2 aliphatic rings. The molecule has 5 nitrogen and oxygen atoms in total. The van der Waals surface area contributed by atoms with Crippen LogP contribution in [0, 0.1) is 5.92 Å². The van der Waals surface area contributed by atoms with E-state index in [0.29, 0.717) is 18.7 Å². The normalized spacial score (nSPS) is 18.8. The maximum Gasteiger partial charge on any atom is 0.231 e. The van der Waals surface area contributed by atoms with Crippen LogP contribution in [0.2, 0.25) is 0 Å². The molecule has 0 bridgehead atoms. The van der Waals surface area contributed by atoms with E-state index in [9.17, 15) is 9.90 Å². The number of aliphatic hydroxyl groups is 1. The van der Waals surface area contributed by atoms with E-state index in [0.717, 1.165) is 39.0 Å². The molecule has 0 saturated carbocycles. The van der Waals surface area contributed by atoms with Crippen molar-refractivity contribution >= 4 is 16.7 Å². The summed E-state index contributed by atoms with van der Waals surface area (Å²) < 4.78 is 13.4. The highest BCUT2D eigenvalue weighted by Crippen LogP contribution is 2.48. The van der Waals surface area contributed by atoms with Gasteiger partial charge in [-0.05, 0) is 35.7 Å². The molecule has 2 atom stereocenters. The third kappa shape index (κ3) is 2.85. The van der Waals surface area contributed by atoms with Crippen LogP contribution in [0.1, 0.15) is 33.1 Å². The molecule has 0 aliphatic carbocycles. The molecule has 160 valence electrons. The van der Waals surface area contributed by atoms with E-state index >= 15 is 0 Å². The standard InChI is InChI=1S/C27H23NO4/c29-13-12-20-19-8-4-5-9-22(19)28-15-21(27(30)17-6-2-1-3-7-17)25(26(20)28)18-10-11-23-24(14-18)32-16-31-23/h1-11,14,21,25,29H,12-13,15-16H2/t21-,25-/m0/s1. The first-order valence-corrected chi connectivity index (χ1v) is 11.0. The fraction of sp³-hybridized carbons (Fsp3) is 0.222. The van der Waals surface area contributed by atoms with Crippen LogP contribution >= 0.6 is 0 Å². The van der Waals surface area contributed by atoms with Crippen molar-refractivity contribution in [2.75, 3.05) is 13.4 Å². The van der Waals surface area contributed by atoms with Gasteiger partial charge in [-0.3, -0.25) is 4.79 Å². The predicted octanol–water partition coefficient (Wildman–Crippen LogP) is 4.55. The second-order valence-electron chi connectivity index (χ2n) is 8.39. The van der Waals surface area contributed by atoms with E-state index in [2.05, 4.69) is 16.7 Å². The van der Waals surface area contributed by atoms with Crippen LogP contribution in [0.5, 0.6) is 11.5 Å². The van der Waals surface area contributed by atoms with Gasteiger partial charge in [-0.25, -0.2) is 0 Å². The van der Waals surface area contributed by atoms with Crippen molar-refractivity contribution in [3.05, 3.63) is 95.2 Å². The lowest BCUT2D eigenvalue weighted by atomic mass is 9.80. The van der Waals surface area contributed by atoms with Gasteiger partial charge in [0.25, 0.3) is 0 Å². The molecular formula is C27H23NO4. The van der Waals surface area contributed by atoms with Gasteiger partial charge in [0.2, 0.25) is 6.79 Å². The first kappa shape index (κ1) is 19.1. The summed E-state index contributed by atoms with van der Waals surface area (Å²) >= 11 is 0. The molecule has 3 heterocycles. The Morgan fingerprint density at radius 1 is 0.969 bits per heavy atom. The largest absolute Gasteiger partial charge is 0.454 e. The number of ether oxygens (including phenoxy) is 2. The molecule has 1 aromatic heterocycles. The predicted molar refractivity (Wildman–Crippen MR) is 121 cm³/mol. The van der Waals surface area contributed by atoms with Crippen molar-refractivity contribution < 1.29 is 19.4 Å². The summed E-state index contributed by atoms with van der Waals surface area (Å²) in [7, 11) is 0. The lowest BCUT2D eigenvalue weighted by molar-refractivity contribution is 0.0909. The maximum atomic E-state index is 13.7. The van der Waals surface area contributed by atoms with Crippen molar-refractivity contribution in [2.24, 2.45) is 5.92 Å². The second-order valence-corrected chi connectivity index (χ2v) is 8.39. The minimum absolute atomic E-state index is 0.0617. The summed E-state index contributed by atoms with van der Waals surface area (Å²) in [6.45, 7) is 0.881. The van der Waals surface area contributed by atoms with Crippen LogP contribution in [0.15, 0.2) is 72.8 Å². The molecule has 3 aromatic carbocycles. The molecule has 1 N–H and O–H groups in total. The van der Waals surface area contributed by atoms with Crippen molar-refractivity contribution in [3.63, 3.8) is 0 Å². The fourth-order valence-electron chi connectivity index (χ4n) is 5.36. The van der Waals surface area contributed by atoms with Crippen LogP contribution in [0.3, 0.4) is 0 Å². The molecule has 0 radical (unpaired) electrons. The van der Waals surface area contributed by atoms with Crippen molar-refractivity contribution in [1.29, 1.82) is 0 Å². The number of hydrogen-bond donors (Lipinski definition) is 1. The highest BCUT2D eigenvalue weighted by atomic mass is 16.7. The van der Waals surface area contributed by atoms with Gasteiger partial charge in [-0.2, -0.15) is 0 Å². The van der Waals surface area contributed by atoms with Crippen molar-refractivity contribution in [3.8, 4) is 11.5 Å². The van der Waals surface area contributed by atoms with E-state index in [4.69, 9.17) is 9.47 Å². The van der Waals surface area contributed by atoms with E-state index in [1.165, 1.54) is 0 Å². The van der Waals surface area contributed by atoms with Crippen LogP contribution in [0.25, 0.3) is 10.9 Å². The maximum absolute atomic E-state index is 13.7. The average Bonchev–Trinajstić information content (AvgIpc) is 3.53. The van der Waals surface area contributed by atoms with Gasteiger partial charge in [0.1, 0.15) is 0 Å². The number of para-hydroxylation sites is 1. The Labute approximate surface area is 185 Å². The molecule has 32 heavy (non-hydrogen) atoms. The summed E-state index contributed by atoms with van der Waals surface area (Å²) in [5.41, 5.74) is 5.11. The van der Waals surface area contributed by atoms with E-state index in [1.54, 1.807) is 0 Å². The number of rotatable bonds is 5. The first-order chi connectivity index (χ1) is 15.8. The number of ketones is 1. The van der Waals surface area contributed by atoms with Gasteiger partial charge in [0.05, 0.1) is 5.92 Å². The topological polar surface area (TPSA) is 60.7 Å². The molecule has 6 rings (SSSR count). The summed E-state index contributed by atoms with van der Waals surface area (Å²) in [6, 6.07) is 23.8. The zero-order valence-corrected chi connectivity index (χ0v) is 17.5. The number of carbonyl (C=O) groups is 1. The van der Waals surface area contributed by atoms with E-state index in [-0.39, 0.29) is 31.0 Å². The Balaban J connectivity index is 1.56. The third-order valence-corrected chi connectivity index (χ3v) is 6.71. The number of hydrogen-bond acceptors (Lipinski definition) is 4. The van der Waals surface area contributed by atoms with Crippen LogP contribution in [0.4, 0.5) is 0 Å². The van der Waals surface area contributed by atoms with E-state index < -0.39 is 0 Å². The van der Waals surface area contributed by atoms with Crippen molar-refractivity contribution in [2.45, 2.75) is 18.9 Å². The first-order valence-electron chi connectivity index (χ1n) is 11.0. The Morgan fingerprint density at radius 3 is 2.59 bits per heavy atom. The molecule has 0 spiro atoms. The van der Waals surface area contributed by atoms with Gasteiger partial charge in [-0.1, -0.05) is 54.6 Å². The monoisotopic (exact) mass is 425 g/mol. The van der Waals surface area contributed by atoms with Gasteiger partial charge in [0, 0.05) is 41.2 Å². The summed E-state index contributed by atoms with van der Waals surface area (Å²) in [5.74, 6) is 1.21.